The number of aromatic nitrogens is 2. The summed E-state index contributed by atoms with van der Waals surface area (Å²) in [5.41, 5.74) is 1.29. The molecule has 0 aliphatic carbocycles. The van der Waals surface area contributed by atoms with Gasteiger partial charge in [-0.05, 0) is 31.7 Å². The minimum atomic E-state index is 0.590. The summed E-state index contributed by atoms with van der Waals surface area (Å²) in [6.07, 6.45) is 5.29. The van der Waals surface area contributed by atoms with Crippen LogP contribution in [0.2, 0.25) is 0 Å². The molecule has 0 saturated carbocycles. The van der Waals surface area contributed by atoms with E-state index in [1.54, 1.807) is 0 Å². The lowest BCUT2D eigenvalue weighted by Gasteiger charge is -2.28. The minimum absolute atomic E-state index is 0.590. The lowest BCUT2D eigenvalue weighted by molar-refractivity contribution is 0.0560. The van der Waals surface area contributed by atoms with Crippen LogP contribution in [0.25, 0.3) is 0 Å². The molecule has 2 heterocycles. The molecule has 1 aliphatic rings. The molecular formula is C13H23N3O. The Labute approximate surface area is 103 Å². The van der Waals surface area contributed by atoms with Crippen molar-refractivity contribution in [2.45, 2.75) is 32.2 Å². The molecule has 1 fully saturated rings. The lowest BCUT2D eigenvalue weighted by Crippen LogP contribution is -2.37. The van der Waals surface area contributed by atoms with Gasteiger partial charge >= 0.3 is 0 Å². The van der Waals surface area contributed by atoms with Crippen LogP contribution in [0.15, 0.2) is 12.3 Å². The highest BCUT2D eigenvalue weighted by atomic mass is 16.5. The van der Waals surface area contributed by atoms with Gasteiger partial charge in [-0.3, -0.25) is 4.68 Å². The average molecular weight is 237 g/mol. The highest BCUT2D eigenvalue weighted by Gasteiger charge is 2.19. The van der Waals surface area contributed by atoms with Crippen LogP contribution in [0.5, 0.6) is 0 Å². The van der Waals surface area contributed by atoms with Crippen molar-refractivity contribution in [1.29, 1.82) is 0 Å². The standard InChI is InChI=1S/C13H23N3O/c1-11(12-5-9-17-10-6-12)14-7-3-13-4-8-15-16(13)2/h4,8,11-12,14H,3,5-7,9-10H2,1-2H3. The molecule has 96 valence electrons. The summed E-state index contributed by atoms with van der Waals surface area (Å²) in [5.74, 6) is 0.773. The van der Waals surface area contributed by atoms with Crippen LogP contribution in [0.3, 0.4) is 0 Å². The van der Waals surface area contributed by atoms with Crippen molar-refractivity contribution in [3.63, 3.8) is 0 Å². The van der Waals surface area contributed by atoms with Crippen LogP contribution >= 0.6 is 0 Å². The average Bonchev–Trinajstić information content (AvgIpc) is 2.76. The number of ether oxygens (including phenoxy) is 1. The first kappa shape index (κ1) is 12.6. The molecule has 0 radical (unpaired) electrons. The summed E-state index contributed by atoms with van der Waals surface area (Å²) in [6.45, 7) is 5.17. The highest BCUT2D eigenvalue weighted by Crippen LogP contribution is 2.18. The van der Waals surface area contributed by atoms with E-state index in [9.17, 15) is 0 Å². The fourth-order valence-corrected chi connectivity index (χ4v) is 2.46. The summed E-state index contributed by atoms with van der Waals surface area (Å²) in [5, 5.41) is 7.80. The Morgan fingerprint density at radius 3 is 2.94 bits per heavy atom. The number of hydrogen-bond acceptors (Lipinski definition) is 3. The molecule has 1 aromatic heterocycles. The van der Waals surface area contributed by atoms with Gasteiger partial charge in [-0.2, -0.15) is 5.10 Å². The second kappa shape index (κ2) is 6.17. The smallest absolute Gasteiger partial charge is 0.0492 e. The fraction of sp³-hybridized carbons (Fsp3) is 0.769. The number of hydrogen-bond donors (Lipinski definition) is 1. The fourth-order valence-electron chi connectivity index (χ4n) is 2.46. The molecule has 0 aromatic carbocycles. The maximum Gasteiger partial charge on any atom is 0.0492 e. The number of nitrogens with one attached hydrogen (secondary N) is 1. The third-order valence-corrected chi connectivity index (χ3v) is 3.74. The maximum atomic E-state index is 5.39. The zero-order chi connectivity index (χ0) is 12.1. The van der Waals surface area contributed by atoms with Gasteiger partial charge in [0, 0.05) is 51.2 Å². The molecule has 1 unspecified atom stereocenters. The van der Waals surface area contributed by atoms with E-state index in [4.69, 9.17) is 4.74 Å². The van der Waals surface area contributed by atoms with E-state index in [0.717, 1.165) is 32.1 Å². The molecule has 2 rings (SSSR count). The topological polar surface area (TPSA) is 39.1 Å². The molecule has 1 N–H and O–H groups in total. The molecule has 4 nitrogen and oxygen atoms in total. The third kappa shape index (κ3) is 3.54. The summed E-state index contributed by atoms with van der Waals surface area (Å²) in [6, 6.07) is 2.67. The molecule has 0 bridgehead atoms. The van der Waals surface area contributed by atoms with Gasteiger partial charge in [-0.25, -0.2) is 0 Å². The van der Waals surface area contributed by atoms with E-state index < -0.39 is 0 Å². The maximum absolute atomic E-state index is 5.39. The predicted octanol–water partition coefficient (Wildman–Crippen LogP) is 1.37. The van der Waals surface area contributed by atoms with Gasteiger partial charge in [0.1, 0.15) is 0 Å². The van der Waals surface area contributed by atoms with E-state index in [1.807, 2.05) is 17.9 Å². The molecular weight excluding hydrogens is 214 g/mol. The minimum Gasteiger partial charge on any atom is -0.381 e. The first-order valence-corrected chi connectivity index (χ1v) is 6.55. The SMILES string of the molecule is CC(NCCc1ccnn1C)C1CCOCC1. The van der Waals surface area contributed by atoms with Crippen molar-refractivity contribution in [2.75, 3.05) is 19.8 Å². The van der Waals surface area contributed by atoms with Gasteiger partial charge in [0.15, 0.2) is 0 Å². The van der Waals surface area contributed by atoms with E-state index >= 15 is 0 Å². The Morgan fingerprint density at radius 1 is 1.53 bits per heavy atom. The van der Waals surface area contributed by atoms with E-state index in [0.29, 0.717) is 6.04 Å². The van der Waals surface area contributed by atoms with Gasteiger partial charge in [-0.15, -0.1) is 0 Å². The zero-order valence-corrected chi connectivity index (χ0v) is 10.9. The molecule has 17 heavy (non-hydrogen) atoms. The van der Waals surface area contributed by atoms with E-state index in [1.165, 1.54) is 18.5 Å². The van der Waals surface area contributed by atoms with Crippen LogP contribution in [0.1, 0.15) is 25.5 Å². The number of aryl methyl sites for hydroxylation is 1. The van der Waals surface area contributed by atoms with Gasteiger partial charge in [0.25, 0.3) is 0 Å². The molecule has 1 aromatic rings. The van der Waals surface area contributed by atoms with Gasteiger partial charge in [0.2, 0.25) is 0 Å². The van der Waals surface area contributed by atoms with Crippen molar-refractivity contribution in [2.24, 2.45) is 13.0 Å². The number of nitrogens with zero attached hydrogens (tertiary/aromatic N) is 2. The van der Waals surface area contributed by atoms with Crippen molar-refractivity contribution in [3.05, 3.63) is 18.0 Å². The third-order valence-electron chi connectivity index (χ3n) is 3.74. The van der Waals surface area contributed by atoms with Gasteiger partial charge in [0.05, 0.1) is 0 Å². The Morgan fingerprint density at radius 2 is 2.29 bits per heavy atom. The lowest BCUT2D eigenvalue weighted by atomic mass is 9.93. The Balaban J connectivity index is 1.69. The number of rotatable bonds is 5. The van der Waals surface area contributed by atoms with E-state index in [-0.39, 0.29) is 0 Å². The van der Waals surface area contributed by atoms with Gasteiger partial charge < -0.3 is 10.1 Å². The Hall–Kier alpha value is -0.870. The summed E-state index contributed by atoms with van der Waals surface area (Å²) in [7, 11) is 2.00. The predicted molar refractivity (Wildman–Crippen MR) is 67.9 cm³/mol. The molecule has 4 heteroatoms. The van der Waals surface area contributed by atoms with Crippen LogP contribution < -0.4 is 5.32 Å². The van der Waals surface area contributed by atoms with Crippen LogP contribution in [0, 0.1) is 5.92 Å². The van der Waals surface area contributed by atoms with Crippen LogP contribution in [-0.4, -0.2) is 35.6 Å². The van der Waals surface area contributed by atoms with Crippen molar-refractivity contribution >= 4 is 0 Å². The van der Waals surface area contributed by atoms with Crippen LogP contribution in [0.4, 0.5) is 0 Å². The van der Waals surface area contributed by atoms with Crippen LogP contribution in [-0.2, 0) is 18.2 Å². The summed E-state index contributed by atoms with van der Waals surface area (Å²) in [4.78, 5) is 0. The highest BCUT2D eigenvalue weighted by molar-refractivity contribution is 5.00. The first-order valence-electron chi connectivity index (χ1n) is 6.55. The summed E-state index contributed by atoms with van der Waals surface area (Å²) < 4.78 is 7.33. The summed E-state index contributed by atoms with van der Waals surface area (Å²) >= 11 is 0. The molecule has 0 spiro atoms. The van der Waals surface area contributed by atoms with Crippen molar-refractivity contribution in [1.82, 2.24) is 15.1 Å². The van der Waals surface area contributed by atoms with Gasteiger partial charge in [-0.1, -0.05) is 0 Å². The molecule has 1 atom stereocenters. The van der Waals surface area contributed by atoms with Crippen molar-refractivity contribution < 1.29 is 4.74 Å². The molecule has 1 aliphatic heterocycles. The Kier molecular flexibility index (Phi) is 4.57. The second-order valence-electron chi connectivity index (χ2n) is 4.89. The monoisotopic (exact) mass is 237 g/mol. The quantitative estimate of drug-likeness (QED) is 0.840. The molecule has 0 amide bonds. The van der Waals surface area contributed by atoms with E-state index in [2.05, 4.69) is 23.4 Å². The first-order chi connectivity index (χ1) is 8.27. The van der Waals surface area contributed by atoms with Crippen molar-refractivity contribution in [3.8, 4) is 0 Å². The largest absolute Gasteiger partial charge is 0.381 e. The zero-order valence-electron chi connectivity index (χ0n) is 10.9. The molecule has 1 saturated heterocycles. The second-order valence-corrected chi connectivity index (χ2v) is 4.89. The Bertz CT molecular complexity index is 331. The normalized spacial score (nSPS) is 19.4.